The number of nitrogen functional groups attached to an aromatic ring is 1. The van der Waals surface area contributed by atoms with E-state index >= 15 is 0 Å². The SMILES string of the molecule is CCc1ccc(-c2[nH]c(C)c(C(C)=O)c2N)cc1. The number of carbonyl (C=O) groups excluding carboxylic acids is 1. The number of aryl methyl sites for hydroxylation is 2. The van der Waals surface area contributed by atoms with Gasteiger partial charge in [0.15, 0.2) is 5.78 Å². The lowest BCUT2D eigenvalue weighted by Crippen LogP contribution is -1.98. The smallest absolute Gasteiger partial charge is 0.163 e. The van der Waals surface area contributed by atoms with Gasteiger partial charge in [-0.1, -0.05) is 31.2 Å². The van der Waals surface area contributed by atoms with E-state index in [1.807, 2.05) is 19.1 Å². The molecule has 18 heavy (non-hydrogen) atoms. The zero-order valence-corrected chi connectivity index (χ0v) is 11.0. The van der Waals surface area contributed by atoms with Crippen molar-refractivity contribution in [3.05, 3.63) is 41.1 Å². The summed E-state index contributed by atoms with van der Waals surface area (Å²) >= 11 is 0. The molecule has 1 heterocycles. The zero-order valence-electron chi connectivity index (χ0n) is 11.0. The summed E-state index contributed by atoms with van der Waals surface area (Å²) in [5, 5.41) is 0. The molecule has 0 radical (unpaired) electrons. The van der Waals surface area contributed by atoms with Gasteiger partial charge in [0.05, 0.1) is 16.9 Å². The van der Waals surface area contributed by atoms with Crippen LogP contribution in [0.2, 0.25) is 0 Å². The Hall–Kier alpha value is -2.03. The first-order valence-corrected chi connectivity index (χ1v) is 6.12. The molecule has 0 atom stereocenters. The van der Waals surface area contributed by atoms with Crippen LogP contribution in [0.25, 0.3) is 11.3 Å². The highest BCUT2D eigenvalue weighted by Crippen LogP contribution is 2.30. The summed E-state index contributed by atoms with van der Waals surface area (Å²) in [5.74, 6) is -0.00215. The van der Waals surface area contributed by atoms with Crippen LogP contribution in [-0.4, -0.2) is 10.8 Å². The summed E-state index contributed by atoms with van der Waals surface area (Å²) in [5.41, 5.74) is 11.2. The number of nitrogens with one attached hydrogen (secondary N) is 1. The molecule has 0 spiro atoms. The summed E-state index contributed by atoms with van der Waals surface area (Å²) in [6.07, 6.45) is 1.01. The van der Waals surface area contributed by atoms with Gasteiger partial charge < -0.3 is 10.7 Å². The van der Waals surface area contributed by atoms with Crippen LogP contribution in [-0.2, 0) is 6.42 Å². The summed E-state index contributed by atoms with van der Waals surface area (Å²) in [6, 6.07) is 8.23. The molecular formula is C15H18N2O. The maximum absolute atomic E-state index is 11.5. The van der Waals surface area contributed by atoms with Gasteiger partial charge in [0.1, 0.15) is 0 Å². The molecule has 2 rings (SSSR count). The van der Waals surface area contributed by atoms with Crippen LogP contribution in [0.15, 0.2) is 24.3 Å². The van der Waals surface area contributed by atoms with Crippen molar-refractivity contribution in [2.75, 3.05) is 5.73 Å². The summed E-state index contributed by atoms with van der Waals surface area (Å²) in [4.78, 5) is 14.7. The molecule has 3 nitrogen and oxygen atoms in total. The number of hydrogen-bond acceptors (Lipinski definition) is 2. The number of anilines is 1. The molecule has 0 saturated carbocycles. The minimum Gasteiger partial charge on any atom is -0.396 e. The number of Topliss-reactive ketones (excluding diaryl/α,β-unsaturated/α-hetero) is 1. The highest BCUT2D eigenvalue weighted by atomic mass is 16.1. The van der Waals surface area contributed by atoms with E-state index in [-0.39, 0.29) is 5.78 Å². The molecule has 1 aromatic heterocycles. The number of aromatic amines is 1. The first kappa shape index (κ1) is 12.4. The third kappa shape index (κ3) is 2.04. The van der Waals surface area contributed by atoms with Crippen molar-refractivity contribution >= 4 is 11.5 Å². The predicted octanol–water partition coefficient (Wildman–Crippen LogP) is 3.34. The summed E-state index contributed by atoms with van der Waals surface area (Å²) in [6.45, 7) is 5.53. The van der Waals surface area contributed by atoms with Crippen LogP contribution >= 0.6 is 0 Å². The Labute approximate surface area is 107 Å². The zero-order chi connectivity index (χ0) is 13.3. The Morgan fingerprint density at radius 2 is 1.89 bits per heavy atom. The number of carbonyl (C=O) groups is 1. The van der Waals surface area contributed by atoms with Crippen molar-refractivity contribution in [3.63, 3.8) is 0 Å². The Kier molecular flexibility index (Phi) is 3.24. The van der Waals surface area contributed by atoms with E-state index in [0.29, 0.717) is 11.3 Å². The molecule has 0 unspecified atom stereocenters. The molecule has 0 aliphatic rings. The minimum absolute atomic E-state index is 0.00215. The van der Waals surface area contributed by atoms with Crippen LogP contribution in [0.1, 0.15) is 35.5 Å². The van der Waals surface area contributed by atoms with E-state index in [9.17, 15) is 4.79 Å². The van der Waals surface area contributed by atoms with Crippen molar-refractivity contribution < 1.29 is 4.79 Å². The molecule has 0 aliphatic carbocycles. The van der Waals surface area contributed by atoms with Gasteiger partial charge in [-0.2, -0.15) is 0 Å². The Bertz CT molecular complexity index is 579. The second kappa shape index (κ2) is 4.69. The van der Waals surface area contributed by atoms with Crippen LogP contribution < -0.4 is 5.73 Å². The topological polar surface area (TPSA) is 58.9 Å². The summed E-state index contributed by atoms with van der Waals surface area (Å²) < 4.78 is 0. The largest absolute Gasteiger partial charge is 0.396 e. The van der Waals surface area contributed by atoms with Gasteiger partial charge in [-0.25, -0.2) is 0 Å². The van der Waals surface area contributed by atoms with E-state index in [0.717, 1.165) is 23.4 Å². The van der Waals surface area contributed by atoms with Gasteiger partial charge in [0.2, 0.25) is 0 Å². The standard InChI is InChI=1S/C15H18N2O/c1-4-11-5-7-12(8-6-11)15-14(16)13(10(3)18)9(2)17-15/h5-8,17H,4,16H2,1-3H3. The van der Waals surface area contributed by atoms with E-state index in [2.05, 4.69) is 24.0 Å². The molecule has 0 aliphatic heterocycles. The predicted molar refractivity (Wildman–Crippen MR) is 74.8 cm³/mol. The monoisotopic (exact) mass is 242 g/mol. The van der Waals surface area contributed by atoms with E-state index in [1.165, 1.54) is 12.5 Å². The average Bonchev–Trinajstić information content (AvgIpc) is 2.65. The Balaban J connectivity index is 2.50. The van der Waals surface area contributed by atoms with Crippen molar-refractivity contribution in [3.8, 4) is 11.3 Å². The fourth-order valence-corrected chi connectivity index (χ4v) is 2.23. The molecule has 0 amide bonds. The molecule has 0 fully saturated rings. The number of H-pyrrole nitrogens is 1. The quantitative estimate of drug-likeness (QED) is 0.811. The molecule has 1 aromatic carbocycles. The number of aromatic nitrogens is 1. The van der Waals surface area contributed by atoms with Gasteiger partial charge in [-0.05, 0) is 25.8 Å². The van der Waals surface area contributed by atoms with Gasteiger partial charge in [0.25, 0.3) is 0 Å². The fraction of sp³-hybridized carbons (Fsp3) is 0.267. The molecule has 0 saturated heterocycles. The number of ketones is 1. The third-order valence-corrected chi connectivity index (χ3v) is 3.23. The molecule has 3 N–H and O–H groups in total. The van der Waals surface area contributed by atoms with Crippen molar-refractivity contribution in [1.29, 1.82) is 0 Å². The van der Waals surface area contributed by atoms with Crippen LogP contribution in [0.4, 0.5) is 5.69 Å². The lowest BCUT2D eigenvalue weighted by atomic mass is 10.0. The van der Waals surface area contributed by atoms with Gasteiger partial charge >= 0.3 is 0 Å². The molecule has 94 valence electrons. The molecule has 2 aromatic rings. The third-order valence-electron chi connectivity index (χ3n) is 3.23. The fourth-order valence-electron chi connectivity index (χ4n) is 2.23. The first-order valence-electron chi connectivity index (χ1n) is 6.12. The molecule has 0 bridgehead atoms. The first-order chi connectivity index (χ1) is 8.54. The number of rotatable bonds is 3. The number of hydrogen-bond donors (Lipinski definition) is 2. The van der Waals surface area contributed by atoms with Gasteiger partial charge in [0, 0.05) is 11.3 Å². The maximum atomic E-state index is 11.5. The molecular weight excluding hydrogens is 224 g/mol. The second-order valence-corrected chi connectivity index (χ2v) is 4.52. The highest BCUT2D eigenvalue weighted by molar-refractivity contribution is 6.03. The Morgan fingerprint density at radius 1 is 1.28 bits per heavy atom. The minimum atomic E-state index is -0.00215. The van der Waals surface area contributed by atoms with Gasteiger partial charge in [-0.3, -0.25) is 4.79 Å². The normalized spacial score (nSPS) is 10.6. The Morgan fingerprint density at radius 3 is 2.33 bits per heavy atom. The van der Waals surface area contributed by atoms with Crippen LogP contribution in [0, 0.1) is 6.92 Å². The maximum Gasteiger partial charge on any atom is 0.163 e. The van der Waals surface area contributed by atoms with E-state index in [4.69, 9.17) is 5.73 Å². The van der Waals surface area contributed by atoms with Crippen molar-refractivity contribution in [2.45, 2.75) is 27.2 Å². The van der Waals surface area contributed by atoms with Gasteiger partial charge in [-0.15, -0.1) is 0 Å². The van der Waals surface area contributed by atoms with E-state index < -0.39 is 0 Å². The molecule has 3 heteroatoms. The summed E-state index contributed by atoms with van der Waals surface area (Å²) in [7, 11) is 0. The second-order valence-electron chi connectivity index (χ2n) is 4.52. The van der Waals surface area contributed by atoms with Crippen LogP contribution in [0.5, 0.6) is 0 Å². The number of benzene rings is 1. The van der Waals surface area contributed by atoms with E-state index in [1.54, 1.807) is 0 Å². The average molecular weight is 242 g/mol. The van der Waals surface area contributed by atoms with Crippen LogP contribution in [0.3, 0.4) is 0 Å². The van der Waals surface area contributed by atoms with Crippen molar-refractivity contribution in [2.24, 2.45) is 0 Å². The van der Waals surface area contributed by atoms with Crippen molar-refractivity contribution in [1.82, 2.24) is 4.98 Å². The lowest BCUT2D eigenvalue weighted by molar-refractivity contribution is 0.101. The highest BCUT2D eigenvalue weighted by Gasteiger charge is 2.16. The number of nitrogens with two attached hydrogens (primary N) is 1. The lowest BCUT2D eigenvalue weighted by Gasteiger charge is -2.02.